The van der Waals surface area contributed by atoms with Crippen LogP contribution in [0.5, 0.6) is 5.75 Å². The lowest BCUT2D eigenvalue weighted by Crippen LogP contribution is -2.00. The Hall–Kier alpha value is -1.19. The third-order valence-corrected chi connectivity index (χ3v) is 3.81. The average Bonchev–Trinajstić information content (AvgIpc) is 2.32. The van der Waals surface area contributed by atoms with Crippen molar-refractivity contribution in [1.29, 1.82) is 0 Å². The van der Waals surface area contributed by atoms with Crippen molar-refractivity contribution in [2.24, 2.45) is 0 Å². The Labute approximate surface area is 126 Å². The number of nitrogens with two attached hydrogens (primary N) is 1. The van der Waals surface area contributed by atoms with E-state index in [1.165, 1.54) is 0 Å². The van der Waals surface area contributed by atoms with Gasteiger partial charge in [0, 0.05) is 15.2 Å². The van der Waals surface area contributed by atoms with Crippen molar-refractivity contribution in [3.05, 3.63) is 56.5 Å². The molecule has 2 rings (SSSR count). The molecule has 0 saturated carbocycles. The summed E-state index contributed by atoms with van der Waals surface area (Å²) in [5, 5.41) is 0.732. The van der Waals surface area contributed by atoms with Crippen LogP contribution in [0.25, 0.3) is 0 Å². The van der Waals surface area contributed by atoms with Crippen molar-refractivity contribution in [1.82, 2.24) is 0 Å². The highest BCUT2D eigenvalue weighted by molar-refractivity contribution is 9.10. The number of ether oxygens (including phenoxy) is 1. The molecular weight excluding hydrogens is 326 g/mol. The molecule has 0 aliphatic carbocycles. The van der Waals surface area contributed by atoms with Crippen LogP contribution in [0.1, 0.15) is 16.7 Å². The zero-order valence-electron chi connectivity index (χ0n) is 10.8. The van der Waals surface area contributed by atoms with E-state index in [4.69, 9.17) is 22.1 Å². The number of hydrogen-bond acceptors (Lipinski definition) is 2. The smallest absolute Gasteiger partial charge is 0.125 e. The number of anilines is 1. The first-order chi connectivity index (χ1) is 8.97. The summed E-state index contributed by atoms with van der Waals surface area (Å²) in [5.41, 5.74) is 9.67. The highest BCUT2D eigenvalue weighted by atomic mass is 79.9. The standard InChI is InChI=1S/C15H15BrClNO/c1-9-5-12(17)6-10(2)15(9)19-8-11-3-4-13(16)14(18)7-11/h3-7H,8,18H2,1-2H3. The molecule has 0 spiro atoms. The molecule has 0 aliphatic heterocycles. The number of halogens is 2. The molecule has 4 heteroatoms. The number of nitrogen functional groups attached to an aromatic ring is 1. The molecule has 2 N–H and O–H groups in total. The molecule has 2 aromatic rings. The molecule has 0 unspecified atom stereocenters. The molecule has 0 heterocycles. The molecule has 100 valence electrons. The van der Waals surface area contributed by atoms with Crippen molar-refractivity contribution >= 4 is 33.2 Å². The Kier molecular flexibility index (Phi) is 4.38. The summed E-state index contributed by atoms with van der Waals surface area (Å²) in [4.78, 5) is 0. The Morgan fingerprint density at radius 2 is 1.79 bits per heavy atom. The van der Waals surface area contributed by atoms with Gasteiger partial charge in [-0.15, -0.1) is 0 Å². The van der Waals surface area contributed by atoms with Gasteiger partial charge in [-0.1, -0.05) is 17.7 Å². The van der Waals surface area contributed by atoms with Gasteiger partial charge in [0.1, 0.15) is 12.4 Å². The molecule has 0 aliphatic rings. The second-order valence-corrected chi connectivity index (χ2v) is 5.80. The van der Waals surface area contributed by atoms with Gasteiger partial charge in [-0.05, 0) is 70.7 Å². The summed E-state index contributed by atoms with van der Waals surface area (Å²) in [6, 6.07) is 9.63. The number of benzene rings is 2. The third kappa shape index (κ3) is 3.43. The summed E-state index contributed by atoms with van der Waals surface area (Å²) >= 11 is 9.38. The number of aryl methyl sites for hydroxylation is 2. The first kappa shape index (κ1) is 14.2. The van der Waals surface area contributed by atoms with Crippen LogP contribution in [0.15, 0.2) is 34.8 Å². The van der Waals surface area contributed by atoms with Gasteiger partial charge in [0.15, 0.2) is 0 Å². The van der Waals surface area contributed by atoms with Gasteiger partial charge in [-0.25, -0.2) is 0 Å². The Balaban J connectivity index is 2.16. The van der Waals surface area contributed by atoms with E-state index in [-0.39, 0.29) is 0 Å². The van der Waals surface area contributed by atoms with Crippen LogP contribution in [-0.4, -0.2) is 0 Å². The van der Waals surface area contributed by atoms with Crippen LogP contribution in [0, 0.1) is 13.8 Å². The SMILES string of the molecule is Cc1cc(Cl)cc(C)c1OCc1ccc(Br)c(N)c1. The van der Waals surface area contributed by atoms with Crippen LogP contribution in [0.3, 0.4) is 0 Å². The fourth-order valence-electron chi connectivity index (χ4n) is 1.96. The second kappa shape index (κ2) is 5.85. The van der Waals surface area contributed by atoms with E-state index in [1.54, 1.807) is 0 Å². The van der Waals surface area contributed by atoms with Crippen LogP contribution >= 0.6 is 27.5 Å². The van der Waals surface area contributed by atoms with Gasteiger partial charge in [0.05, 0.1) is 0 Å². The van der Waals surface area contributed by atoms with Crippen LogP contribution in [-0.2, 0) is 6.61 Å². The van der Waals surface area contributed by atoms with Crippen molar-refractivity contribution in [3.8, 4) is 5.75 Å². The van der Waals surface area contributed by atoms with Crippen molar-refractivity contribution in [2.45, 2.75) is 20.5 Å². The predicted molar refractivity (Wildman–Crippen MR) is 83.8 cm³/mol. The summed E-state index contributed by atoms with van der Waals surface area (Å²) in [7, 11) is 0. The lowest BCUT2D eigenvalue weighted by atomic mass is 10.1. The minimum atomic E-state index is 0.487. The molecule has 2 nitrogen and oxygen atoms in total. The summed E-state index contributed by atoms with van der Waals surface area (Å²) in [6.07, 6.45) is 0. The van der Waals surface area contributed by atoms with Crippen LogP contribution < -0.4 is 10.5 Å². The predicted octanol–water partition coefficient (Wildman–Crippen LogP) is 4.88. The van der Waals surface area contributed by atoms with Crippen molar-refractivity contribution < 1.29 is 4.74 Å². The maximum atomic E-state index is 6.00. The van der Waals surface area contributed by atoms with Crippen molar-refractivity contribution in [3.63, 3.8) is 0 Å². The third-order valence-electron chi connectivity index (χ3n) is 2.87. The highest BCUT2D eigenvalue weighted by Gasteiger charge is 2.06. The molecule has 0 saturated heterocycles. The van der Waals surface area contributed by atoms with E-state index in [2.05, 4.69) is 15.9 Å². The van der Waals surface area contributed by atoms with Crippen LogP contribution in [0.2, 0.25) is 5.02 Å². The van der Waals surface area contributed by atoms with Gasteiger partial charge in [0.2, 0.25) is 0 Å². The van der Waals surface area contributed by atoms with Gasteiger partial charge < -0.3 is 10.5 Å². The monoisotopic (exact) mass is 339 g/mol. The Morgan fingerprint density at radius 1 is 1.16 bits per heavy atom. The Bertz CT molecular complexity index is 590. The van der Waals surface area contributed by atoms with E-state index in [1.807, 2.05) is 44.2 Å². The number of hydrogen-bond donors (Lipinski definition) is 1. The molecule has 0 aromatic heterocycles. The lowest BCUT2D eigenvalue weighted by molar-refractivity contribution is 0.302. The molecule has 0 bridgehead atoms. The first-order valence-electron chi connectivity index (χ1n) is 5.91. The van der Waals surface area contributed by atoms with E-state index in [0.717, 1.165) is 31.9 Å². The first-order valence-corrected chi connectivity index (χ1v) is 7.08. The average molecular weight is 341 g/mol. The normalized spacial score (nSPS) is 10.5. The molecule has 2 aromatic carbocycles. The highest BCUT2D eigenvalue weighted by Crippen LogP contribution is 2.28. The summed E-state index contributed by atoms with van der Waals surface area (Å²) < 4.78 is 6.77. The van der Waals surface area contributed by atoms with E-state index in [0.29, 0.717) is 12.3 Å². The number of rotatable bonds is 3. The maximum absolute atomic E-state index is 6.00. The molecule has 0 fully saturated rings. The second-order valence-electron chi connectivity index (χ2n) is 4.51. The van der Waals surface area contributed by atoms with Gasteiger partial charge in [-0.2, -0.15) is 0 Å². The molecule has 0 atom stereocenters. The van der Waals surface area contributed by atoms with Gasteiger partial charge in [-0.3, -0.25) is 0 Å². The largest absolute Gasteiger partial charge is 0.488 e. The molecule has 19 heavy (non-hydrogen) atoms. The maximum Gasteiger partial charge on any atom is 0.125 e. The topological polar surface area (TPSA) is 35.2 Å². The molecule has 0 radical (unpaired) electrons. The Morgan fingerprint density at radius 3 is 2.37 bits per heavy atom. The van der Waals surface area contributed by atoms with E-state index in [9.17, 15) is 0 Å². The van der Waals surface area contributed by atoms with E-state index < -0.39 is 0 Å². The van der Waals surface area contributed by atoms with E-state index >= 15 is 0 Å². The zero-order valence-corrected chi connectivity index (χ0v) is 13.2. The fourth-order valence-corrected chi connectivity index (χ4v) is 2.54. The minimum Gasteiger partial charge on any atom is -0.488 e. The lowest BCUT2D eigenvalue weighted by Gasteiger charge is -2.13. The molecule has 0 amide bonds. The minimum absolute atomic E-state index is 0.487. The zero-order chi connectivity index (χ0) is 14.0. The summed E-state index contributed by atoms with van der Waals surface area (Å²) in [6.45, 7) is 4.47. The quantitative estimate of drug-likeness (QED) is 0.808. The van der Waals surface area contributed by atoms with Gasteiger partial charge >= 0.3 is 0 Å². The summed E-state index contributed by atoms with van der Waals surface area (Å²) in [5.74, 6) is 0.880. The van der Waals surface area contributed by atoms with Crippen molar-refractivity contribution in [2.75, 3.05) is 5.73 Å². The van der Waals surface area contributed by atoms with Gasteiger partial charge in [0.25, 0.3) is 0 Å². The fraction of sp³-hybridized carbons (Fsp3) is 0.200. The molecular formula is C15H15BrClNO. The van der Waals surface area contributed by atoms with Crippen LogP contribution in [0.4, 0.5) is 5.69 Å².